The van der Waals surface area contributed by atoms with Gasteiger partial charge in [-0.2, -0.15) is 5.10 Å². The molecule has 2 saturated carbocycles. The molecule has 0 radical (unpaired) electrons. The molecule has 0 bridgehead atoms. The minimum Gasteiger partial charge on any atom is -0.478 e. The smallest absolute Gasteiger partial charge is 0.328 e. The van der Waals surface area contributed by atoms with E-state index in [2.05, 4.69) is 10.00 Å². The summed E-state index contributed by atoms with van der Waals surface area (Å²) in [5.41, 5.74) is 1.84. The highest BCUT2D eigenvalue weighted by Crippen LogP contribution is 2.39. The van der Waals surface area contributed by atoms with Gasteiger partial charge in [-0.3, -0.25) is 4.68 Å². The molecule has 0 saturated heterocycles. The fourth-order valence-electron chi connectivity index (χ4n) is 2.73. The molecule has 2 fully saturated rings. The van der Waals surface area contributed by atoms with Crippen LogP contribution in [0.15, 0.2) is 6.08 Å². The molecule has 5 nitrogen and oxygen atoms in total. The third-order valence-corrected chi connectivity index (χ3v) is 4.04. The molecule has 0 atom stereocenters. The van der Waals surface area contributed by atoms with Crippen LogP contribution >= 0.6 is 0 Å². The van der Waals surface area contributed by atoms with Crippen LogP contribution in [0.1, 0.15) is 36.9 Å². The highest BCUT2D eigenvalue weighted by Gasteiger charge is 2.36. The lowest BCUT2D eigenvalue weighted by molar-refractivity contribution is -0.131. The summed E-state index contributed by atoms with van der Waals surface area (Å²) in [6.07, 6.45) is 8.00. The van der Waals surface area contributed by atoms with Crippen molar-refractivity contribution in [2.24, 2.45) is 13.0 Å². The summed E-state index contributed by atoms with van der Waals surface area (Å²) in [6.45, 7) is 3.02. The zero-order valence-electron chi connectivity index (χ0n) is 12.0. The van der Waals surface area contributed by atoms with Crippen molar-refractivity contribution in [3.8, 4) is 0 Å². The Morgan fingerprint density at radius 2 is 2.15 bits per heavy atom. The predicted molar refractivity (Wildman–Crippen MR) is 77.7 cm³/mol. The molecule has 0 amide bonds. The lowest BCUT2D eigenvalue weighted by Crippen LogP contribution is -2.30. The summed E-state index contributed by atoms with van der Waals surface area (Å²) >= 11 is 0. The van der Waals surface area contributed by atoms with Gasteiger partial charge in [0.15, 0.2) is 0 Å². The Labute approximate surface area is 118 Å². The van der Waals surface area contributed by atoms with E-state index >= 15 is 0 Å². The number of carboxylic acids is 1. The quantitative estimate of drug-likeness (QED) is 0.809. The first-order chi connectivity index (χ1) is 9.56. The maximum atomic E-state index is 10.8. The number of nitrogens with zero attached hydrogens (tertiary/aromatic N) is 3. The minimum absolute atomic E-state index is 0.613. The molecule has 2 aliphatic carbocycles. The molecule has 0 spiro atoms. The SMILES string of the molecule is Cc1nn(C)c(N(CC2CC2)C2CC2)c1C=CC(=O)O. The van der Waals surface area contributed by atoms with Crippen LogP contribution in [0.2, 0.25) is 0 Å². The third-order valence-electron chi connectivity index (χ3n) is 4.04. The van der Waals surface area contributed by atoms with E-state index in [-0.39, 0.29) is 0 Å². The molecular formula is C15H21N3O2. The molecule has 0 unspecified atom stereocenters. The molecule has 1 aromatic heterocycles. The van der Waals surface area contributed by atoms with Gasteiger partial charge in [0.25, 0.3) is 0 Å². The zero-order chi connectivity index (χ0) is 14.3. The van der Waals surface area contributed by atoms with Crippen LogP contribution < -0.4 is 4.90 Å². The number of carboxylic acid groups (broad SMARTS) is 1. The highest BCUT2D eigenvalue weighted by atomic mass is 16.4. The van der Waals surface area contributed by atoms with Crippen LogP contribution in [0, 0.1) is 12.8 Å². The summed E-state index contributed by atoms with van der Waals surface area (Å²) < 4.78 is 1.90. The van der Waals surface area contributed by atoms with Crippen molar-refractivity contribution < 1.29 is 9.90 Å². The summed E-state index contributed by atoms with van der Waals surface area (Å²) in [6, 6.07) is 0.613. The maximum Gasteiger partial charge on any atom is 0.328 e. The van der Waals surface area contributed by atoms with Gasteiger partial charge in [0, 0.05) is 31.3 Å². The van der Waals surface area contributed by atoms with Crippen LogP contribution in [0.3, 0.4) is 0 Å². The number of aliphatic carboxylic acids is 1. The zero-order valence-corrected chi connectivity index (χ0v) is 12.0. The molecule has 20 heavy (non-hydrogen) atoms. The third kappa shape index (κ3) is 2.71. The van der Waals surface area contributed by atoms with E-state index in [0.717, 1.165) is 29.5 Å². The van der Waals surface area contributed by atoms with Gasteiger partial charge in [0.1, 0.15) is 5.82 Å². The van der Waals surface area contributed by atoms with E-state index in [1.54, 1.807) is 6.08 Å². The van der Waals surface area contributed by atoms with Gasteiger partial charge in [0.05, 0.1) is 5.69 Å². The Morgan fingerprint density at radius 3 is 2.70 bits per heavy atom. The van der Waals surface area contributed by atoms with Crippen LogP contribution in [0.5, 0.6) is 0 Å². The lowest BCUT2D eigenvalue weighted by Gasteiger charge is -2.25. The van der Waals surface area contributed by atoms with Crippen LogP contribution in [-0.2, 0) is 11.8 Å². The first-order valence-electron chi connectivity index (χ1n) is 7.27. The average molecular weight is 275 g/mol. The summed E-state index contributed by atoms with van der Waals surface area (Å²) in [4.78, 5) is 13.2. The van der Waals surface area contributed by atoms with Crippen molar-refractivity contribution in [1.82, 2.24) is 9.78 Å². The van der Waals surface area contributed by atoms with E-state index in [9.17, 15) is 4.79 Å². The van der Waals surface area contributed by atoms with E-state index in [0.29, 0.717) is 6.04 Å². The maximum absolute atomic E-state index is 10.8. The van der Waals surface area contributed by atoms with Crippen molar-refractivity contribution in [2.75, 3.05) is 11.4 Å². The second-order valence-corrected chi connectivity index (χ2v) is 5.94. The van der Waals surface area contributed by atoms with Gasteiger partial charge in [-0.05, 0) is 44.6 Å². The van der Waals surface area contributed by atoms with Gasteiger partial charge in [-0.15, -0.1) is 0 Å². The highest BCUT2D eigenvalue weighted by molar-refractivity contribution is 5.87. The summed E-state index contributed by atoms with van der Waals surface area (Å²) in [5, 5.41) is 13.3. The lowest BCUT2D eigenvalue weighted by atomic mass is 10.2. The Balaban J connectivity index is 1.94. The molecule has 1 N–H and O–H groups in total. The van der Waals surface area contributed by atoms with Gasteiger partial charge >= 0.3 is 5.97 Å². The topological polar surface area (TPSA) is 58.4 Å². The van der Waals surface area contributed by atoms with E-state index in [1.165, 1.54) is 31.8 Å². The second kappa shape index (κ2) is 4.96. The molecule has 108 valence electrons. The summed E-state index contributed by atoms with van der Waals surface area (Å²) in [5.74, 6) is 0.968. The fraction of sp³-hybridized carbons (Fsp3) is 0.600. The normalized spacial score (nSPS) is 18.7. The van der Waals surface area contributed by atoms with E-state index in [1.807, 2.05) is 18.7 Å². The fourth-order valence-corrected chi connectivity index (χ4v) is 2.73. The van der Waals surface area contributed by atoms with Gasteiger partial charge < -0.3 is 10.0 Å². The molecule has 3 rings (SSSR count). The second-order valence-electron chi connectivity index (χ2n) is 5.94. The van der Waals surface area contributed by atoms with Crippen molar-refractivity contribution >= 4 is 17.9 Å². The van der Waals surface area contributed by atoms with Gasteiger partial charge in [-0.1, -0.05) is 0 Å². The van der Waals surface area contributed by atoms with Crippen molar-refractivity contribution in [1.29, 1.82) is 0 Å². The number of aryl methyl sites for hydroxylation is 2. The first-order valence-corrected chi connectivity index (χ1v) is 7.27. The number of hydrogen-bond acceptors (Lipinski definition) is 3. The van der Waals surface area contributed by atoms with Crippen LogP contribution in [0.4, 0.5) is 5.82 Å². The van der Waals surface area contributed by atoms with E-state index in [4.69, 9.17) is 5.11 Å². The predicted octanol–water partition coefficient (Wildman–Crippen LogP) is 2.21. The van der Waals surface area contributed by atoms with Crippen LogP contribution in [-0.4, -0.2) is 33.4 Å². The van der Waals surface area contributed by atoms with Crippen molar-refractivity contribution in [3.05, 3.63) is 17.3 Å². The van der Waals surface area contributed by atoms with E-state index < -0.39 is 5.97 Å². The number of hydrogen-bond donors (Lipinski definition) is 1. The molecule has 5 heteroatoms. The molecule has 2 aliphatic rings. The standard InChI is InChI=1S/C15H21N3O2/c1-10-13(7-8-14(19)20)15(17(2)16-10)18(12-5-6-12)9-11-3-4-11/h7-8,11-12H,3-6,9H2,1-2H3,(H,19,20). The number of carbonyl (C=O) groups is 1. The minimum atomic E-state index is -0.917. The number of rotatable bonds is 6. The molecule has 0 aliphatic heterocycles. The number of anilines is 1. The largest absolute Gasteiger partial charge is 0.478 e. The monoisotopic (exact) mass is 275 g/mol. The van der Waals surface area contributed by atoms with Gasteiger partial charge in [0.2, 0.25) is 0 Å². The first kappa shape index (κ1) is 13.2. The number of aromatic nitrogens is 2. The van der Waals surface area contributed by atoms with Crippen molar-refractivity contribution in [3.63, 3.8) is 0 Å². The molecular weight excluding hydrogens is 254 g/mol. The Bertz CT molecular complexity index is 554. The Morgan fingerprint density at radius 1 is 1.45 bits per heavy atom. The molecule has 1 aromatic rings. The Kier molecular flexibility index (Phi) is 3.28. The Hall–Kier alpha value is -1.78. The summed E-state index contributed by atoms with van der Waals surface area (Å²) in [7, 11) is 1.95. The average Bonchev–Trinajstić information content (AvgIpc) is 3.24. The molecule has 0 aromatic carbocycles. The van der Waals surface area contributed by atoms with Crippen molar-refractivity contribution in [2.45, 2.75) is 38.6 Å². The van der Waals surface area contributed by atoms with Gasteiger partial charge in [-0.25, -0.2) is 4.79 Å². The molecule has 1 heterocycles. The van der Waals surface area contributed by atoms with Crippen LogP contribution in [0.25, 0.3) is 6.08 Å².